The van der Waals surface area contributed by atoms with E-state index in [4.69, 9.17) is 5.11 Å². The van der Waals surface area contributed by atoms with Gasteiger partial charge < -0.3 is 5.11 Å². The molecule has 0 heterocycles. The van der Waals surface area contributed by atoms with Gasteiger partial charge in [-0.25, -0.2) is 0 Å². The van der Waals surface area contributed by atoms with Crippen molar-refractivity contribution in [2.75, 3.05) is 0 Å². The van der Waals surface area contributed by atoms with Crippen molar-refractivity contribution in [1.29, 1.82) is 0 Å². The quantitative estimate of drug-likeness (QED) is 0.725. The lowest BCUT2D eigenvalue weighted by Crippen LogP contribution is -2.14. The summed E-state index contributed by atoms with van der Waals surface area (Å²) in [6, 6.07) is 0. The van der Waals surface area contributed by atoms with Gasteiger partial charge in [0.15, 0.2) is 0 Å². The van der Waals surface area contributed by atoms with E-state index >= 15 is 0 Å². The van der Waals surface area contributed by atoms with E-state index in [1.54, 1.807) is 0 Å². The first-order valence-electron chi connectivity index (χ1n) is 5.42. The normalized spacial score (nSPS) is 36.8. The molecule has 2 fully saturated rings. The fourth-order valence-electron chi connectivity index (χ4n) is 3.28. The molecule has 2 bridgehead atoms. The summed E-state index contributed by atoms with van der Waals surface area (Å²) in [5.41, 5.74) is 0.583. The molecular weight excluding hydrogens is 164 g/mol. The van der Waals surface area contributed by atoms with E-state index in [1.807, 2.05) is 0 Å². The molecule has 0 atom stereocenters. The molecule has 0 aliphatic heterocycles. The van der Waals surface area contributed by atoms with Gasteiger partial charge in [-0.2, -0.15) is 0 Å². The second kappa shape index (κ2) is 3.32. The van der Waals surface area contributed by atoms with Gasteiger partial charge in [0.25, 0.3) is 0 Å². The third-order valence-electron chi connectivity index (χ3n) is 3.99. The second-order valence-electron chi connectivity index (χ2n) is 4.89. The summed E-state index contributed by atoms with van der Waals surface area (Å²) in [5, 5.41) is 8.55. The molecule has 0 aromatic rings. The zero-order valence-electron chi connectivity index (χ0n) is 8.09. The van der Waals surface area contributed by atoms with Crippen LogP contribution in [0.5, 0.6) is 0 Å². The number of aliphatic carboxylic acids is 1. The van der Waals surface area contributed by atoms with Crippen LogP contribution in [0.4, 0.5) is 0 Å². The molecule has 2 nitrogen and oxygen atoms in total. The van der Waals surface area contributed by atoms with Crippen molar-refractivity contribution >= 4 is 5.97 Å². The largest absolute Gasteiger partial charge is 0.481 e. The van der Waals surface area contributed by atoms with Crippen molar-refractivity contribution in [3.63, 3.8) is 0 Å². The van der Waals surface area contributed by atoms with E-state index in [0.29, 0.717) is 11.8 Å². The zero-order chi connectivity index (χ0) is 9.31. The molecule has 0 aromatic heterocycles. The van der Waals surface area contributed by atoms with E-state index in [1.165, 1.54) is 32.1 Å². The standard InChI is InChI=1S/C11H18O2/c12-10(13)2-1-5-11-6-3-9(8-11)4-7-11/h9H,1-8H2,(H,12,13). The number of carboxylic acid groups (broad SMARTS) is 1. The molecule has 1 N–H and O–H groups in total. The van der Waals surface area contributed by atoms with Crippen LogP contribution in [0.25, 0.3) is 0 Å². The van der Waals surface area contributed by atoms with Gasteiger partial charge in [0.2, 0.25) is 0 Å². The van der Waals surface area contributed by atoms with Crippen molar-refractivity contribution in [2.45, 2.75) is 51.4 Å². The molecular formula is C11H18O2. The molecule has 74 valence electrons. The van der Waals surface area contributed by atoms with Crippen molar-refractivity contribution < 1.29 is 9.90 Å². The minimum atomic E-state index is -0.635. The van der Waals surface area contributed by atoms with Crippen molar-refractivity contribution in [3.05, 3.63) is 0 Å². The van der Waals surface area contributed by atoms with E-state index in [-0.39, 0.29) is 0 Å². The summed E-state index contributed by atoms with van der Waals surface area (Å²) in [6.07, 6.45) is 9.38. The first-order valence-corrected chi connectivity index (χ1v) is 5.42. The van der Waals surface area contributed by atoms with E-state index in [0.717, 1.165) is 18.8 Å². The molecule has 13 heavy (non-hydrogen) atoms. The maximum Gasteiger partial charge on any atom is 0.303 e. The topological polar surface area (TPSA) is 37.3 Å². The highest BCUT2D eigenvalue weighted by Crippen LogP contribution is 2.56. The van der Waals surface area contributed by atoms with Crippen LogP contribution in [0.1, 0.15) is 51.4 Å². The first-order chi connectivity index (χ1) is 6.20. The fourth-order valence-corrected chi connectivity index (χ4v) is 3.28. The Hall–Kier alpha value is -0.530. The molecule has 0 aromatic carbocycles. The van der Waals surface area contributed by atoms with Gasteiger partial charge in [-0.3, -0.25) is 4.79 Å². The molecule has 0 radical (unpaired) electrons. The SMILES string of the molecule is O=C(O)CCCC12CCC(CC1)C2. The number of carbonyl (C=O) groups is 1. The summed E-state index contributed by atoms with van der Waals surface area (Å²) < 4.78 is 0. The molecule has 0 unspecified atom stereocenters. The Balaban J connectivity index is 1.77. The van der Waals surface area contributed by atoms with Gasteiger partial charge in [-0.15, -0.1) is 0 Å². The van der Waals surface area contributed by atoms with Gasteiger partial charge >= 0.3 is 5.97 Å². The van der Waals surface area contributed by atoms with Gasteiger partial charge in [0, 0.05) is 6.42 Å². The summed E-state index contributed by atoms with van der Waals surface area (Å²) in [5.74, 6) is 0.355. The predicted octanol–water partition coefficient (Wildman–Crippen LogP) is 2.82. The van der Waals surface area contributed by atoms with E-state index in [2.05, 4.69) is 0 Å². The third kappa shape index (κ3) is 1.87. The molecule has 2 saturated carbocycles. The number of carboxylic acids is 1. The van der Waals surface area contributed by atoms with E-state index in [9.17, 15) is 4.79 Å². The average molecular weight is 182 g/mol. The fraction of sp³-hybridized carbons (Fsp3) is 0.909. The highest BCUT2D eigenvalue weighted by atomic mass is 16.4. The molecule has 2 rings (SSSR count). The number of hydrogen-bond donors (Lipinski definition) is 1. The lowest BCUT2D eigenvalue weighted by atomic mass is 9.80. The van der Waals surface area contributed by atoms with Crippen LogP contribution < -0.4 is 0 Å². The molecule has 0 spiro atoms. The Morgan fingerprint density at radius 3 is 2.54 bits per heavy atom. The summed E-state index contributed by atoms with van der Waals surface area (Å²) >= 11 is 0. The van der Waals surface area contributed by atoms with Crippen molar-refractivity contribution in [3.8, 4) is 0 Å². The highest BCUT2D eigenvalue weighted by molar-refractivity contribution is 5.66. The molecule has 0 amide bonds. The molecule has 2 aliphatic rings. The minimum absolute atomic E-state index is 0.367. The Morgan fingerprint density at radius 2 is 2.08 bits per heavy atom. The van der Waals surface area contributed by atoms with Crippen LogP contribution in [0.15, 0.2) is 0 Å². The minimum Gasteiger partial charge on any atom is -0.481 e. The monoisotopic (exact) mass is 182 g/mol. The van der Waals surface area contributed by atoms with Crippen LogP contribution in [0.3, 0.4) is 0 Å². The van der Waals surface area contributed by atoms with Crippen LogP contribution in [-0.4, -0.2) is 11.1 Å². The Kier molecular flexibility index (Phi) is 2.31. The summed E-state index contributed by atoms with van der Waals surface area (Å²) in [7, 11) is 0. The summed E-state index contributed by atoms with van der Waals surface area (Å²) in [6.45, 7) is 0. The zero-order valence-corrected chi connectivity index (χ0v) is 8.09. The summed E-state index contributed by atoms with van der Waals surface area (Å²) in [4.78, 5) is 10.4. The van der Waals surface area contributed by atoms with Crippen molar-refractivity contribution in [2.24, 2.45) is 11.3 Å². The molecule has 2 aliphatic carbocycles. The van der Waals surface area contributed by atoms with E-state index < -0.39 is 5.97 Å². The average Bonchev–Trinajstić information content (AvgIpc) is 2.62. The second-order valence-corrected chi connectivity index (χ2v) is 4.89. The molecule has 0 saturated heterocycles. The van der Waals surface area contributed by atoms with Gasteiger partial charge in [0.05, 0.1) is 0 Å². The van der Waals surface area contributed by atoms with Crippen LogP contribution >= 0.6 is 0 Å². The lowest BCUT2D eigenvalue weighted by Gasteiger charge is -2.25. The first kappa shape index (κ1) is 9.04. The smallest absolute Gasteiger partial charge is 0.303 e. The van der Waals surface area contributed by atoms with Crippen LogP contribution in [0.2, 0.25) is 0 Å². The number of fused-ring (bicyclic) bond motifs is 2. The Labute approximate surface area is 79.3 Å². The maximum absolute atomic E-state index is 10.4. The van der Waals surface area contributed by atoms with Crippen molar-refractivity contribution in [1.82, 2.24) is 0 Å². The number of hydrogen-bond acceptors (Lipinski definition) is 1. The number of rotatable bonds is 4. The third-order valence-corrected chi connectivity index (χ3v) is 3.99. The predicted molar refractivity (Wildman–Crippen MR) is 50.5 cm³/mol. The maximum atomic E-state index is 10.4. The van der Waals surface area contributed by atoms with Gasteiger partial charge in [-0.05, 0) is 56.3 Å². The Morgan fingerprint density at radius 1 is 1.38 bits per heavy atom. The van der Waals surface area contributed by atoms with Gasteiger partial charge in [-0.1, -0.05) is 0 Å². The highest BCUT2D eigenvalue weighted by Gasteiger charge is 2.43. The molecule has 2 heteroatoms. The van der Waals surface area contributed by atoms with Gasteiger partial charge in [0.1, 0.15) is 0 Å². The lowest BCUT2D eigenvalue weighted by molar-refractivity contribution is -0.137. The van der Waals surface area contributed by atoms with Crippen LogP contribution in [0, 0.1) is 11.3 Å². The Bertz CT molecular complexity index is 202. The van der Waals surface area contributed by atoms with Crippen LogP contribution in [-0.2, 0) is 4.79 Å².